The summed E-state index contributed by atoms with van der Waals surface area (Å²) >= 11 is 0. The molecule has 20 heavy (non-hydrogen) atoms. The maximum Gasteiger partial charge on any atom is 0.239 e. The molecule has 1 saturated carbocycles. The Morgan fingerprint density at radius 1 is 1.25 bits per heavy atom. The van der Waals surface area contributed by atoms with Crippen LogP contribution in [-0.4, -0.2) is 47.2 Å². The number of amides is 1. The van der Waals surface area contributed by atoms with Gasteiger partial charge in [0.1, 0.15) is 0 Å². The molecule has 1 amide bonds. The van der Waals surface area contributed by atoms with Gasteiger partial charge < -0.3 is 15.3 Å². The van der Waals surface area contributed by atoms with E-state index in [9.17, 15) is 4.79 Å². The van der Waals surface area contributed by atoms with Gasteiger partial charge in [0.05, 0.1) is 6.04 Å². The number of nitrogens with zero attached hydrogens (tertiary/aromatic N) is 1. The molecule has 0 spiro atoms. The smallest absolute Gasteiger partial charge is 0.239 e. The number of carbonyl (C=O) groups excluding carboxylic acids is 1. The summed E-state index contributed by atoms with van der Waals surface area (Å²) in [6, 6.07) is 0.758. The van der Waals surface area contributed by atoms with Crippen LogP contribution in [0.3, 0.4) is 0 Å². The largest absolute Gasteiger partial charge is 0.396 e. The van der Waals surface area contributed by atoms with Crippen molar-refractivity contribution in [3.8, 4) is 0 Å². The molecule has 2 N–H and O–H groups in total. The van der Waals surface area contributed by atoms with E-state index in [1.54, 1.807) is 0 Å². The van der Waals surface area contributed by atoms with Gasteiger partial charge >= 0.3 is 0 Å². The summed E-state index contributed by atoms with van der Waals surface area (Å²) in [4.78, 5) is 14.6. The monoisotopic (exact) mass is 282 g/mol. The van der Waals surface area contributed by atoms with Crippen LogP contribution in [-0.2, 0) is 4.79 Å². The van der Waals surface area contributed by atoms with Crippen molar-refractivity contribution in [1.82, 2.24) is 10.2 Å². The first-order chi connectivity index (χ1) is 9.63. The van der Waals surface area contributed by atoms with Crippen molar-refractivity contribution in [1.29, 1.82) is 0 Å². The second-order valence-electron chi connectivity index (χ2n) is 6.65. The van der Waals surface area contributed by atoms with Gasteiger partial charge in [-0.25, -0.2) is 0 Å². The van der Waals surface area contributed by atoms with Gasteiger partial charge in [-0.2, -0.15) is 0 Å². The number of piperidine rings is 1. The molecule has 1 aliphatic heterocycles. The molecule has 2 rings (SSSR count). The molecule has 3 unspecified atom stereocenters. The van der Waals surface area contributed by atoms with Crippen molar-refractivity contribution in [3.63, 3.8) is 0 Å². The van der Waals surface area contributed by atoms with Crippen LogP contribution < -0.4 is 5.32 Å². The Labute approximate surface area is 122 Å². The zero-order valence-electron chi connectivity index (χ0n) is 13.0. The second kappa shape index (κ2) is 7.41. The highest BCUT2D eigenvalue weighted by molar-refractivity contribution is 5.82. The van der Waals surface area contributed by atoms with Crippen molar-refractivity contribution in [2.75, 3.05) is 13.2 Å². The number of carbonyl (C=O) groups is 1. The lowest BCUT2D eigenvalue weighted by Crippen LogP contribution is -2.56. The van der Waals surface area contributed by atoms with Gasteiger partial charge in [-0.3, -0.25) is 4.79 Å². The van der Waals surface area contributed by atoms with Crippen molar-refractivity contribution >= 4 is 5.91 Å². The Bertz CT molecular complexity index is 320. The third kappa shape index (κ3) is 3.73. The fourth-order valence-electron chi connectivity index (χ4n) is 3.75. The lowest BCUT2D eigenvalue weighted by molar-refractivity contribution is -0.136. The number of aliphatic hydroxyl groups is 1. The highest BCUT2D eigenvalue weighted by Crippen LogP contribution is 2.32. The highest BCUT2D eigenvalue weighted by atomic mass is 16.3. The molecule has 2 fully saturated rings. The van der Waals surface area contributed by atoms with Gasteiger partial charge in [0.25, 0.3) is 0 Å². The van der Waals surface area contributed by atoms with Gasteiger partial charge in [-0.15, -0.1) is 0 Å². The van der Waals surface area contributed by atoms with E-state index in [4.69, 9.17) is 5.11 Å². The minimum Gasteiger partial charge on any atom is -0.396 e. The normalized spacial score (nSPS) is 30.1. The molecule has 4 nitrogen and oxygen atoms in total. The molecule has 0 radical (unpaired) electrons. The zero-order valence-corrected chi connectivity index (χ0v) is 13.0. The average molecular weight is 282 g/mol. The molecular weight excluding hydrogens is 252 g/mol. The number of hydrogen-bond acceptors (Lipinski definition) is 3. The van der Waals surface area contributed by atoms with Crippen LogP contribution in [0.15, 0.2) is 0 Å². The minimum absolute atomic E-state index is 0.00422. The summed E-state index contributed by atoms with van der Waals surface area (Å²) in [6.45, 7) is 4.93. The van der Waals surface area contributed by atoms with Crippen LogP contribution in [0.5, 0.6) is 0 Å². The molecule has 2 aliphatic rings. The van der Waals surface area contributed by atoms with E-state index >= 15 is 0 Å². The summed E-state index contributed by atoms with van der Waals surface area (Å²) in [5, 5.41) is 12.6. The zero-order chi connectivity index (χ0) is 14.5. The van der Waals surface area contributed by atoms with E-state index in [0.717, 1.165) is 12.3 Å². The van der Waals surface area contributed by atoms with Gasteiger partial charge in [0.15, 0.2) is 0 Å². The quantitative estimate of drug-likeness (QED) is 0.810. The first kappa shape index (κ1) is 15.8. The van der Waals surface area contributed by atoms with E-state index in [-0.39, 0.29) is 24.6 Å². The molecule has 1 aliphatic carbocycles. The van der Waals surface area contributed by atoms with Gasteiger partial charge in [0, 0.05) is 25.2 Å². The second-order valence-corrected chi connectivity index (χ2v) is 6.65. The number of rotatable bonds is 5. The summed E-state index contributed by atoms with van der Waals surface area (Å²) in [7, 11) is 0. The van der Waals surface area contributed by atoms with Crippen LogP contribution >= 0.6 is 0 Å². The van der Waals surface area contributed by atoms with Crippen LogP contribution in [0.2, 0.25) is 0 Å². The molecular formula is C16H30N2O2. The Hall–Kier alpha value is -0.610. The van der Waals surface area contributed by atoms with Crippen molar-refractivity contribution in [2.24, 2.45) is 5.92 Å². The standard InChI is InChI=1S/C16H30N2O2/c1-12(2)18(10-5-11-19)16(20)15-9-8-13-6-3-4-7-14(13)17-15/h12-15,17,19H,3-11H2,1-2H3. The number of aliphatic hydroxyl groups excluding tert-OH is 1. The predicted molar refractivity (Wildman–Crippen MR) is 80.5 cm³/mol. The number of hydrogen-bond donors (Lipinski definition) is 2. The minimum atomic E-state index is -0.00422. The van der Waals surface area contributed by atoms with Gasteiger partial charge in [-0.05, 0) is 51.9 Å². The molecule has 4 heteroatoms. The molecule has 116 valence electrons. The van der Waals surface area contributed by atoms with Crippen molar-refractivity contribution in [2.45, 2.75) is 76.9 Å². The molecule has 1 heterocycles. The van der Waals surface area contributed by atoms with E-state index in [2.05, 4.69) is 19.2 Å². The van der Waals surface area contributed by atoms with Crippen LogP contribution in [0.25, 0.3) is 0 Å². The van der Waals surface area contributed by atoms with Crippen LogP contribution in [0.4, 0.5) is 0 Å². The Morgan fingerprint density at radius 2 is 2.00 bits per heavy atom. The lowest BCUT2D eigenvalue weighted by atomic mass is 9.77. The Kier molecular flexibility index (Phi) is 5.85. The first-order valence-electron chi connectivity index (χ1n) is 8.31. The molecule has 0 aromatic heterocycles. The third-order valence-corrected chi connectivity index (χ3v) is 4.91. The van der Waals surface area contributed by atoms with Crippen LogP contribution in [0.1, 0.15) is 58.8 Å². The molecule has 0 bridgehead atoms. The van der Waals surface area contributed by atoms with E-state index in [1.807, 2.05) is 4.90 Å². The fraction of sp³-hybridized carbons (Fsp3) is 0.938. The maximum atomic E-state index is 12.7. The summed E-state index contributed by atoms with van der Waals surface area (Å²) < 4.78 is 0. The Balaban J connectivity index is 1.93. The third-order valence-electron chi connectivity index (χ3n) is 4.91. The van der Waals surface area contributed by atoms with E-state index in [1.165, 1.54) is 32.1 Å². The first-order valence-corrected chi connectivity index (χ1v) is 8.31. The molecule has 3 atom stereocenters. The summed E-state index contributed by atoms with van der Waals surface area (Å²) in [5.74, 6) is 1.02. The molecule has 0 aromatic rings. The lowest BCUT2D eigenvalue weighted by Gasteiger charge is -2.42. The topological polar surface area (TPSA) is 52.6 Å². The SMILES string of the molecule is CC(C)N(CCCO)C(=O)C1CCC2CCCCC2N1. The van der Waals surface area contributed by atoms with Crippen molar-refractivity contribution in [3.05, 3.63) is 0 Å². The number of fused-ring (bicyclic) bond motifs is 1. The average Bonchev–Trinajstić information content (AvgIpc) is 2.46. The van der Waals surface area contributed by atoms with Gasteiger partial charge in [-0.1, -0.05) is 12.8 Å². The molecule has 0 aromatic carbocycles. The number of nitrogens with one attached hydrogen (secondary N) is 1. The fourth-order valence-corrected chi connectivity index (χ4v) is 3.75. The summed E-state index contributed by atoms with van der Waals surface area (Å²) in [6.07, 6.45) is 8.05. The predicted octanol–water partition coefficient (Wildman–Crippen LogP) is 1.92. The van der Waals surface area contributed by atoms with Crippen molar-refractivity contribution < 1.29 is 9.90 Å². The highest BCUT2D eigenvalue weighted by Gasteiger charge is 2.36. The van der Waals surface area contributed by atoms with Gasteiger partial charge in [0.2, 0.25) is 5.91 Å². The van der Waals surface area contributed by atoms with E-state index in [0.29, 0.717) is 19.0 Å². The van der Waals surface area contributed by atoms with E-state index < -0.39 is 0 Å². The summed E-state index contributed by atoms with van der Waals surface area (Å²) in [5.41, 5.74) is 0. The molecule has 1 saturated heterocycles. The Morgan fingerprint density at radius 3 is 2.70 bits per heavy atom. The maximum absolute atomic E-state index is 12.7. The van der Waals surface area contributed by atoms with Crippen LogP contribution in [0, 0.1) is 5.92 Å².